The molecule has 0 fully saturated rings. The van der Waals surface area contributed by atoms with Crippen molar-refractivity contribution in [2.75, 3.05) is 13.2 Å². The van der Waals surface area contributed by atoms with E-state index >= 15 is 0 Å². The molecule has 0 aliphatic carbocycles. The molecule has 0 rings (SSSR count). The Morgan fingerprint density at radius 1 is 1.73 bits per heavy atom. The predicted octanol–water partition coefficient (Wildman–Crippen LogP) is -0.411. The van der Waals surface area contributed by atoms with Crippen molar-refractivity contribution in [1.29, 1.82) is 0 Å². The summed E-state index contributed by atoms with van der Waals surface area (Å²) in [7, 11) is 0. The standard InChI is InChI=1S/C6H12N2O3/c1-5(2)6(9)11-4-3-7-8-10/h7-8,10H,1,3-4H2,2H3. The highest BCUT2D eigenvalue weighted by atomic mass is 16.5. The lowest BCUT2D eigenvalue weighted by Crippen LogP contribution is -2.32. The molecule has 0 heterocycles. The van der Waals surface area contributed by atoms with E-state index in [4.69, 9.17) is 5.21 Å². The minimum absolute atomic E-state index is 0.194. The van der Waals surface area contributed by atoms with E-state index in [1.54, 1.807) is 12.5 Å². The van der Waals surface area contributed by atoms with E-state index in [1.165, 1.54) is 0 Å². The molecule has 5 heteroatoms. The molecule has 0 aromatic heterocycles. The maximum absolute atomic E-state index is 10.7. The Morgan fingerprint density at radius 2 is 2.36 bits per heavy atom. The average Bonchev–Trinajstić information content (AvgIpc) is 1.97. The van der Waals surface area contributed by atoms with Crippen LogP contribution in [0.25, 0.3) is 0 Å². The van der Waals surface area contributed by atoms with E-state index in [0.717, 1.165) is 0 Å². The third-order valence-electron chi connectivity index (χ3n) is 0.888. The summed E-state index contributed by atoms with van der Waals surface area (Å²) >= 11 is 0. The van der Waals surface area contributed by atoms with E-state index in [9.17, 15) is 4.79 Å². The Balaban J connectivity index is 3.25. The quantitative estimate of drug-likeness (QED) is 0.221. The van der Waals surface area contributed by atoms with Gasteiger partial charge in [0.1, 0.15) is 6.61 Å². The lowest BCUT2D eigenvalue weighted by atomic mass is 10.4. The minimum Gasteiger partial charge on any atom is -0.461 e. The van der Waals surface area contributed by atoms with E-state index in [1.807, 2.05) is 0 Å². The van der Waals surface area contributed by atoms with Crippen molar-refractivity contribution >= 4 is 5.97 Å². The van der Waals surface area contributed by atoms with Crippen LogP contribution in [0, 0.1) is 0 Å². The number of carbonyl (C=O) groups is 1. The monoisotopic (exact) mass is 160 g/mol. The summed E-state index contributed by atoms with van der Waals surface area (Å²) in [5.41, 5.74) is 4.41. The summed E-state index contributed by atoms with van der Waals surface area (Å²) in [6, 6.07) is 0. The number of rotatable bonds is 5. The first-order valence-electron chi connectivity index (χ1n) is 3.13. The number of esters is 1. The van der Waals surface area contributed by atoms with Crippen LogP contribution in [0.3, 0.4) is 0 Å². The van der Waals surface area contributed by atoms with Crippen LogP contribution in [0.2, 0.25) is 0 Å². The zero-order valence-corrected chi connectivity index (χ0v) is 6.39. The Bertz CT molecular complexity index is 147. The molecule has 0 amide bonds. The van der Waals surface area contributed by atoms with Crippen molar-refractivity contribution in [3.05, 3.63) is 12.2 Å². The normalized spacial score (nSPS) is 9.27. The Kier molecular flexibility index (Phi) is 5.36. The average molecular weight is 160 g/mol. The van der Waals surface area contributed by atoms with Crippen molar-refractivity contribution < 1.29 is 14.7 Å². The molecule has 5 nitrogen and oxygen atoms in total. The van der Waals surface area contributed by atoms with E-state index < -0.39 is 5.97 Å². The predicted molar refractivity (Wildman–Crippen MR) is 38.7 cm³/mol. The summed E-state index contributed by atoms with van der Waals surface area (Å²) < 4.78 is 4.65. The van der Waals surface area contributed by atoms with Crippen molar-refractivity contribution in [3.8, 4) is 0 Å². The van der Waals surface area contributed by atoms with Crippen molar-refractivity contribution in [2.45, 2.75) is 6.92 Å². The second-order valence-electron chi connectivity index (χ2n) is 1.95. The van der Waals surface area contributed by atoms with E-state index in [-0.39, 0.29) is 6.61 Å². The zero-order valence-electron chi connectivity index (χ0n) is 6.39. The first-order chi connectivity index (χ1) is 5.18. The molecule has 0 saturated carbocycles. The van der Waals surface area contributed by atoms with Crippen LogP contribution in [0.5, 0.6) is 0 Å². The minimum atomic E-state index is -0.426. The van der Waals surface area contributed by atoms with Gasteiger partial charge in [0, 0.05) is 12.1 Å². The van der Waals surface area contributed by atoms with Crippen molar-refractivity contribution in [1.82, 2.24) is 11.0 Å². The van der Waals surface area contributed by atoms with Gasteiger partial charge in [0.05, 0.1) is 0 Å². The summed E-state index contributed by atoms with van der Waals surface area (Å²) in [5, 5.41) is 8.02. The molecular weight excluding hydrogens is 148 g/mol. The van der Waals surface area contributed by atoms with Gasteiger partial charge in [-0.2, -0.15) is 0 Å². The number of nitrogens with one attached hydrogen (secondary N) is 2. The maximum atomic E-state index is 10.7. The van der Waals surface area contributed by atoms with E-state index in [0.29, 0.717) is 12.1 Å². The van der Waals surface area contributed by atoms with Gasteiger partial charge in [0.15, 0.2) is 0 Å². The highest BCUT2D eigenvalue weighted by Crippen LogP contribution is 1.89. The molecule has 0 aromatic rings. The number of ether oxygens (including phenoxy) is 1. The molecule has 3 N–H and O–H groups in total. The number of carbonyl (C=O) groups excluding carboxylic acids is 1. The van der Waals surface area contributed by atoms with Crippen molar-refractivity contribution in [2.24, 2.45) is 0 Å². The SMILES string of the molecule is C=C(C)C(=O)OCCNNO. The molecule has 0 saturated heterocycles. The Morgan fingerprint density at radius 3 is 2.82 bits per heavy atom. The van der Waals surface area contributed by atoms with Crippen LogP contribution in [0.1, 0.15) is 6.92 Å². The molecule has 0 radical (unpaired) electrons. The first-order valence-corrected chi connectivity index (χ1v) is 3.13. The lowest BCUT2D eigenvalue weighted by molar-refractivity contribution is -0.139. The second kappa shape index (κ2) is 5.84. The third kappa shape index (κ3) is 5.53. The Labute approximate surface area is 65.0 Å². The van der Waals surface area contributed by atoms with Crippen LogP contribution in [-0.2, 0) is 9.53 Å². The largest absolute Gasteiger partial charge is 0.461 e. The Hall–Kier alpha value is -0.910. The smallest absolute Gasteiger partial charge is 0.333 e. The van der Waals surface area contributed by atoms with Gasteiger partial charge in [-0.25, -0.2) is 10.2 Å². The highest BCUT2D eigenvalue weighted by Gasteiger charge is 2.00. The van der Waals surface area contributed by atoms with Gasteiger partial charge in [-0.05, 0) is 6.92 Å². The number of hydrogen-bond acceptors (Lipinski definition) is 5. The van der Waals surface area contributed by atoms with Gasteiger partial charge in [0.2, 0.25) is 0 Å². The van der Waals surface area contributed by atoms with E-state index in [2.05, 4.69) is 16.7 Å². The summed E-state index contributed by atoms with van der Waals surface area (Å²) in [6.45, 7) is 5.50. The molecule has 0 bridgehead atoms. The fraction of sp³-hybridized carbons (Fsp3) is 0.500. The second-order valence-corrected chi connectivity index (χ2v) is 1.95. The molecule has 0 spiro atoms. The molecule has 0 aliphatic heterocycles. The van der Waals surface area contributed by atoms with Crippen LogP contribution in [0.4, 0.5) is 0 Å². The molecule has 11 heavy (non-hydrogen) atoms. The van der Waals surface area contributed by atoms with Crippen LogP contribution in [0.15, 0.2) is 12.2 Å². The molecular formula is C6H12N2O3. The lowest BCUT2D eigenvalue weighted by Gasteiger charge is -2.03. The van der Waals surface area contributed by atoms with Gasteiger partial charge in [0.25, 0.3) is 0 Å². The summed E-state index contributed by atoms with van der Waals surface area (Å²) in [6.07, 6.45) is 0. The van der Waals surface area contributed by atoms with Crippen LogP contribution in [-0.4, -0.2) is 24.3 Å². The maximum Gasteiger partial charge on any atom is 0.333 e. The molecule has 64 valence electrons. The molecule has 0 unspecified atom stereocenters. The summed E-state index contributed by atoms with van der Waals surface area (Å²) in [4.78, 5) is 10.7. The number of hydrazine groups is 1. The highest BCUT2D eigenvalue weighted by molar-refractivity contribution is 5.86. The topological polar surface area (TPSA) is 70.6 Å². The molecule has 0 atom stereocenters. The van der Waals surface area contributed by atoms with Gasteiger partial charge < -0.3 is 9.94 Å². The summed E-state index contributed by atoms with van der Waals surface area (Å²) in [5.74, 6) is -0.426. The van der Waals surface area contributed by atoms with Crippen LogP contribution < -0.4 is 11.0 Å². The van der Waals surface area contributed by atoms with Gasteiger partial charge in [-0.3, -0.25) is 0 Å². The molecule has 0 aliphatic rings. The van der Waals surface area contributed by atoms with Gasteiger partial charge >= 0.3 is 5.97 Å². The van der Waals surface area contributed by atoms with Crippen LogP contribution >= 0.6 is 0 Å². The first kappa shape index (κ1) is 10.1. The fourth-order valence-corrected chi connectivity index (χ4v) is 0.374. The fourth-order valence-electron chi connectivity index (χ4n) is 0.374. The third-order valence-corrected chi connectivity index (χ3v) is 0.888. The van der Waals surface area contributed by atoms with Gasteiger partial charge in [-0.15, -0.1) is 5.59 Å². The van der Waals surface area contributed by atoms with Crippen molar-refractivity contribution in [3.63, 3.8) is 0 Å². The zero-order chi connectivity index (χ0) is 8.69. The van der Waals surface area contributed by atoms with Gasteiger partial charge in [-0.1, -0.05) is 6.58 Å². The number of hydrogen-bond donors (Lipinski definition) is 3. The molecule has 0 aromatic carbocycles.